The van der Waals surface area contributed by atoms with Crippen molar-refractivity contribution >= 4 is 22.6 Å². The standard InChI is InChI=1S/C28H36F3N5O2/c1-3-4-7-20-16-22(34-27(37)32-10-11-36-14-12-35(2)13-15-36)18-26(38-28(29,30)31)24(20)17-21-19-33-25-9-6-5-8-23(21)25/h5-6,8-9,16,18-19,33H,3-4,7,10-15,17H2,1-2H3,(H2,32,34,37). The van der Waals surface area contributed by atoms with Crippen LogP contribution in [0.2, 0.25) is 0 Å². The van der Waals surface area contributed by atoms with Crippen molar-refractivity contribution in [3.63, 3.8) is 0 Å². The van der Waals surface area contributed by atoms with Gasteiger partial charge in [-0.05, 0) is 43.1 Å². The second kappa shape index (κ2) is 12.5. The lowest BCUT2D eigenvalue weighted by atomic mass is 9.94. The zero-order chi connectivity index (χ0) is 27.1. The Kier molecular flexibility index (Phi) is 9.17. The molecular formula is C28H36F3N5O2. The number of ether oxygens (including phenoxy) is 1. The Morgan fingerprint density at radius 2 is 1.87 bits per heavy atom. The van der Waals surface area contributed by atoms with E-state index in [-0.39, 0.29) is 17.9 Å². The molecule has 4 rings (SSSR count). The molecule has 206 valence electrons. The number of fused-ring (bicyclic) bond motifs is 1. The van der Waals surface area contributed by atoms with E-state index in [0.29, 0.717) is 18.5 Å². The molecular weight excluding hydrogens is 495 g/mol. The van der Waals surface area contributed by atoms with Gasteiger partial charge in [0.1, 0.15) is 5.75 Å². The molecule has 0 bridgehead atoms. The van der Waals surface area contributed by atoms with E-state index >= 15 is 0 Å². The summed E-state index contributed by atoms with van der Waals surface area (Å²) in [5, 5.41) is 6.49. The Labute approximate surface area is 221 Å². The number of hydrogen-bond acceptors (Lipinski definition) is 4. The van der Waals surface area contributed by atoms with Crippen LogP contribution in [0.5, 0.6) is 5.75 Å². The zero-order valence-electron chi connectivity index (χ0n) is 22.0. The molecule has 2 heterocycles. The first-order chi connectivity index (χ1) is 18.2. The molecule has 1 aliphatic rings. The molecule has 1 aliphatic heterocycles. The largest absolute Gasteiger partial charge is 0.573 e. The SMILES string of the molecule is CCCCc1cc(NC(=O)NCCN2CCN(C)CC2)cc(OC(F)(F)F)c1Cc1c[nH]c2ccccc12. The van der Waals surface area contributed by atoms with Crippen LogP contribution in [0.1, 0.15) is 36.5 Å². The first-order valence-electron chi connectivity index (χ1n) is 13.1. The van der Waals surface area contributed by atoms with Crippen molar-refractivity contribution in [2.75, 3.05) is 51.6 Å². The van der Waals surface area contributed by atoms with E-state index in [9.17, 15) is 18.0 Å². The van der Waals surface area contributed by atoms with Gasteiger partial charge in [-0.25, -0.2) is 4.79 Å². The minimum absolute atomic E-state index is 0.270. The number of halogens is 3. The number of aromatic amines is 1. The number of aryl methyl sites for hydroxylation is 1. The number of para-hydroxylation sites is 1. The van der Waals surface area contributed by atoms with Crippen molar-refractivity contribution in [1.82, 2.24) is 20.1 Å². The van der Waals surface area contributed by atoms with Crippen LogP contribution in [-0.2, 0) is 12.8 Å². The van der Waals surface area contributed by atoms with Gasteiger partial charge in [0.05, 0.1) is 0 Å². The van der Waals surface area contributed by atoms with Gasteiger partial charge in [0, 0.05) is 80.1 Å². The lowest BCUT2D eigenvalue weighted by Gasteiger charge is -2.32. The van der Waals surface area contributed by atoms with Crippen LogP contribution in [0.4, 0.5) is 23.7 Å². The number of unbranched alkanes of at least 4 members (excludes halogenated alkanes) is 1. The van der Waals surface area contributed by atoms with Gasteiger partial charge in [-0.2, -0.15) is 0 Å². The number of nitrogens with one attached hydrogen (secondary N) is 3. The third-order valence-corrected chi connectivity index (χ3v) is 6.94. The summed E-state index contributed by atoms with van der Waals surface area (Å²) in [6, 6.07) is 10.3. The molecule has 0 atom stereocenters. The number of amides is 2. The number of aromatic nitrogens is 1. The van der Waals surface area contributed by atoms with Gasteiger partial charge in [0.2, 0.25) is 0 Å². The molecule has 7 nitrogen and oxygen atoms in total. The summed E-state index contributed by atoms with van der Waals surface area (Å²) >= 11 is 0. The molecule has 1 aromatic heterocycles. The molecule has 2 aromatic carbocycles. The summed E-state index contributed by atoms with van der Waals surface area (Å²) in [5.41, 5.74) is 3.28. The minimum atomic E-state index is -4.86. The van der Waals surface area contributed by atoms with Gasteiger partial charge in [0.15, 0.2) is 0 Å². The van der Waals surface area contributed by atoms with Gasteiger partial charge in [0.25, 0.3) is 0 Å². The molecule has 1 saturated heterocycles. The van der Waals surface area contributed by atoms with E-state index in [2.05, 4.69) is 37.2 Å². The number of nitrogens with zero attached hydrogens (tertiary/aromatic N) is 2. The number of carbonyl (C=O) groups is 1. The van der Waals surface area contributed by atoms with Crippen molar-refractivity contribution in [2.24, 2.45) is 0 Å². The average Bonchev–Trinajstić information content (AvgIpc) is 3.27. The third kappa shape index (κ3) is 7.64. The number of rotatable bonds is 10. The van der Waals surface area contributed by atoms with Crippen LogP contribution in [-0.4, -0.2) is 73.5 Å². The fourth-order valence-corrected chi connectivity index (χ4v) is 4.82. The molecule has 3 N–H and O–H groups in total. The number of carbonyl (C=O) groups excluding carboxylic acids is 1. The molecule has 0 spiro atoms. The van der Waals surface area contributed by atoms with Crippen molar-refractivity contribution in [3.05, 3.63) is 59.3 Å². The number of urea groups is 1. The topological polar surface area (TPSA) is 72.6 Å². The van der Waals surface area contributed by atoms with Crippen molar-refractivity contribution in [1.29, 1.82) is 0 Å². The summed E-state index contributed by atoms with van der Waals surface area (Å²) in [5.74, 6) is -0.288. The second-order valence-corrected chi connectivity index (χ2v) is 9.83. The molecule has 3 aromatic rings. The lowest BCUT2D eigenvalue weighted by molar-refractivity contribution is -0.274. The smallest absolute Gasteiger partial charge is 0.405 e. The van der Waals surface area contributed by atoms with Gasteiger partial charge in [-0.3, -0.25) is 4.90 Å². The first-order valence-corrected chi connectivity index (χ1v) is 13.1. The van der Waals surface area contributed by atoms with Crippen LogP contribution in [0.15, 0.2) is 42.6 Å². The normalized spacial score (nSPS) is 15.1. The van der Waals surface area contributed by atoms with E-state index in [1.165, 1.54) is 6.07 Å². The maximum atomic E-state index is 13.5. The molecule has 1 fully saturated rings. The molecule has 0 radical (unpaired) electrons. The fourth-order valence-electron chi connectivity index (χ4n) is 4.82. The number of alkyl halides is 3. The van der Waals surface area contributed by atoms with Crippen molar-refractivity contribution < 1.29 is 22.7 Å². The van der Waals surface area contributed by atoms with Gasteiger partial charge in [-0.15, -0.1) is 13.2 Å². The highest BCUT2D eigenvalue weighted by molar-refractivity contribution is 5.90. The highest BCUT2D eigenvalue weighted by Gasteiger charge is 2.33. The molecule has 2 amide bonds. The van der Waals surface area contributed by atoms with Gasteiger partial charge < -0.3 is 25.3 Å². The zero-order valence-corrected chi connectivity index (χ0v) is 22.0. The Morgan fingerprint density at radius 3 is 2.61 bits per heavy atom. The predicted octanol–water partition coefficient (Wildman–Crippen LogP) is 5.37. The Balaban J connectivity index is 1.54. The van der Waals surface area contributed by atoms with Crippen LogP contribution >= 0.6 is 0 Å². The number of anilines is 1. The van der Waals surface area contributed by atoms with Gasteiger partial charge >= 0.3 is 12.4 Å². The Hall–Kier alpha value is -3.24. The number of H-pyrrole nitrogens is 1. The van der Waals surface area contributed by atoms with E-state index in [1.54, 1.807) is 6.07 Å². The van der Waals surface area contributed by atoms with Crippen molar-refractivity contribution in [2.45, 2.75) is 39.0 Å². The quantitative estimate of drug-likeness (QED) is 0.329. The number of piperazine rings is 1. The lowest BCUT2D eigenvalue weighted by Crippen LogP contribution is -2.47. The maximum Gasteiger partial charge on any atom is 0.573 e. The highest BCUT2D eigenvalue weighted by Crippen LogP contribution is 2.35. The van der Waals surface area contributed by atoms with Crippen LogP contribution in [0.3, 0.4) is 0 Å². The first kappa shape index (κ1) is 27.8. The van der Waals surface area contributed by atoms with E-state index in [0.717, 1.165) is 67.6 Å². The average molecular weight is 532 g/mol. The summed E-state index contributed by atoms with van der Waals surface area (Å²) in [7, 11) is 2.08. The van der Waals surface area contributed by atoms with Crippen molar-refractivity contribution in [3.8, 4) is 5.75 Å². The second-order valence-electron chi connectivity index (χ2n) is 9.83. The fraction of sp³-hybridized carbons (Fsp3) is 0.464. The van der Waals surface area contributed by atoms with Crippen LogP contribution in [0, 0.1) is 0 Å². The molecule has 0 saturated carbocycles. The Morgan fingerprint density at radius 1 is 1.11 bits per heavy atom. The third-order valence-electron chi connectivity index (χ3n) is 6.94. The molecule has 38 heavy (non-hydrogen) atoms. The number of hydrogen-bond donors (Lipinski definition) is 3. The number of likely N-dealkylation sites (N-methyl/N-ethyl adjacent to an activating group) is 1. The predicted molar refractivity (Wildman–Crippen MR) is 144 cm³/mol. The van der Waals surface area contributed by atoms with Gasteiger partial charge in [-0.1, -0.05) is 31.5 Å². The molecule has 10 heteroatoms. The van der Waals surface area contributed by atoms with E-state index in [1.807, 2.05) is 37.4 Å². The van der Waals surface area contributed by atoms with E-state index < -0.39 is 12.4 Å². The summed E-state index contributed by atoms with van der Waals surface area (Å²) in [6.07, 6.45) is -0.514. The van der Waals surface area contributed by atoms with Crippen LogP contribution < -0.4 is 15.4 Å². The summed E-state index contributed by atoms with van der Waals surface area (Å²) < 4.78 is 44.9. The highest BCUT2D eigenvalue weighted by atomic mass is 19.4. The molecule has 0 unspecified atom stereocenters. The minimum Gasteiger partial charge on any atom is -0.405 e. The maximum absolute atomic E-state index is 13.5. The summed E-state index contributed by atoms with van der Waals surface area (Å²) in [4.78, 5) is 20.3. The Bertz CT molecular complexity index is 1220. The monoisotopic (exact) mass is 531 g/mol. The number of benzene rings is 2. The molecule has 0 aliphatic carbocycles. The van der Waals surface area contributed by atoms with Crippen LogP contribution in [0.25, 0.3) is 10.9 Å². The van der Waals surface area contributed by atoms with E-state index in [4.69, 9.17) is 0 Å². The summed E-state index contributed by atoms with van der Waals surface area (Å²) in [6.45, 7) is 7.05.